The molecule has 0 spiro atoms. The van der Waals surface area contributed by atoms with Crippen molar-refractivity contribution in [3.05, 3.63) is 58.4 Å². The highest BCUT2D eigenvalue weighted by atomic mass is 16.5. The Morgan fingerprint density at radius 3 is 2.43 bits per heavy atom. The van der Waals surface area contributed by atoms with Gasteiger partial charge in [-0.05, 0) is 39.8 Å². The minimum absolute atomic E-state index is 0.102. The fraction of sp³-hybridized carbons (Fsp3) is 0.478. The molecule has 3 atom stereocenters. The molecule has 1 amide bonds. The van der Waals surface area contributed by atoms with Gasteiger partial charge in [-0.3, -0.25) is 9.78 Å². The lowest BCUT2D eigenvalue weighted by Gasteiger charge is -2.21. The van der Waals surface area contributed by atoms with Gasteiger partial charge >= 0.3 is 0 Å². The van der Waals surface area contributed by atoms with Gasteiger partial charge in [0.15, 0.2) is 0 Å². The average Bonchev–Trinajstić information content (AvgIpc) is 3.18. The van der Waals surface area contributed by atoms with Gasteiger partial charge in [0.1, 0.15) is 5.75 Å². The summed E-state index contributed by atoms with van der Waals surface area (Å²) in [5, 5.41) is 0. The van der Waals surface area contributed by atoms with Gasteiger partial charge < -0.3 is 14.4 Å². The molecule has 0 saturated carbocycles. The van der Waals surface area contributed by atoms with Crippen molar-refractivity contribution in [3.8, 4) is 5.75 Å². The molecule has 2 aliphatic rings. The van der Waals surface area contributed by atoms with E-state index in [1.165, 1.54) is 0 Å². The summed E-state index contributed by atoms with van der Waals surface area (Å²) in [6.07, 6.45) is 0.115. The second-order valence-corrected chi connectivity index (χ2v) is 8.28. The molecular weight excluding hydrogens is 352 g/mol. The summed E-state index contributed by atoms with van der Waals surface area (Å²) in [7, 11) is 0. The van der Waals surface area contributed by atoms with Gasteiger partial charge in [-0.25, -0.2) is 0 Å². The molecule has 2 aliphatic heterocycles. The second-order valence-electron chi connectivity index (χ2n) is 8.28. The number of likely N-dealkylation sites (tertiary alicyclic amines) is 1. The van der Waals surface area contributed by atoms with Crippen molar-refractivity contribution >= 4 is 5.91 Å². The topological polar surface area (TPSA) is 51.7 Å². The summed E-state index contributed by atoms with van der Waals surface area (Å²) in [4.78, 5) is 19.3. The number of amides is 1. The van der Waals surface area contributed by atoms with Crippen molar-refractivity contribution in [3.63, 3.8) is 0 Å². The number of rotatable bonds is 4. The lowest BCUT2D eigenvalue weighted by molar-refractivity contribution is 0.0661. The van der Waals surface area contributed by atoms with Crippen molar-refractivity contribution in [2.45, 2.75) is 33.8 Å². The van der Waals surface area contributed by atoms with Gasteiger partial charge in [0.05, 0.1) is 19.3 Å². The van der Waals surface area contributed by atoms with Crippen LogP contribution in [-0.2, 0) is 4.74 Å². The monoisotopic (exact) mass is 380 g/mol. The van der Waals surface area contributed by atoms with Crippen LogP contribution in [0.25, 0.3) is 0 Å². The van der Waals surface area contributed by atoms with Crippen LogP contribution in [0, 0.1) is 39.5 Å². The Morgan fingerprint density at radius 2 is 1.75 bits per heavy atom. The van der Waals surface area contributed by atoms with E-state index in [-0.39, 0.29) is 12.0 Å². The zero-order valence-corrected chi connectivity index (χ0v) is 17.1. The van der Waals surface area contributed by atoms with Gasteiger partial charge in [0, 0.05) is 54.0 Å². The summed E-state index contributed by atoms with van der Waals surface area (Å²) >= 11 is 0. The number of aryl methyl sites for hydroxylation is 4. The van der Waals surface area contributed by atoms with Crippen LogP contribution >= 0.6 is 0 Å². The van der Waals surface area contributed by atoms with E-state index in [4.69, 9.17) is 9.47 Å². The predicted octanol–water partition coefficient (Wildman–Crippen LogP) is 3.48. The van der Waals surface area contributed by atoms with Crippen LogP contribution in [0.5, 0.6) is 5.75 Å². The molecule has 4 rings (SSSR count). The first-order valence-electron chi connectivity index (χ1n) is 9.96. The molecule has 2 fully saturated rings. The number of benzene rings is 1. The van der Waals surface area contributed by atoms with E-state index >= 15 is 0 Å². The van der Waals surface area contributed by atoms with Gasteiger partial charge in [0.25, 0.3) is 5.91 Å². The first kappa shape index (κ1) is 18.9. The first-order valence-corrected chi connectivity index (χ1v) is 9.96. The molecule has 5 nitrogen and oxygen atoms in total. The number of aromatic nitrogens is 1. The molecule has 3 heterocycles. The van der Waals surface area contributed by atoms with Gasteiger partial charge in [-0.1, -0.05) is 17.2 Å². The van der Waals surface area contributed by atoms with Crippen molar-refractivity contribution < 1.29 is 14.3 Å². The molecule has 5 heteroatoms. The third-order valence-electron chi connectivity index (χ3n) is 5.71. The molecule has 0 unspecified atom stereocenters. The number of fused-ring (bicyclic) bond motifs is 1. The number of ether oxygens (including phenoxy) is 2. The van der Waals surface area contributed by atoms with Crippen LogP contribution in [0.2, 0.25) is 0 Å². The van der Waals surface area contributed by atoms with Crippen LogP contribution in [-0.4, -0.2) is 48.2 Å². The second kappa shape index (κ2) is 7.55. The Kier molecular flexibility index (Phi) is 5.11. The Labute approximate surface area is 166 Å². The molecule has 0 N–H and O–H groups in total. The number of hydrogen-bond acceptors (Lipinski definition) is 4. The third kappa shape index (κ3) is 3.90. The van der Waals surface area contributed by atoms with Crippen LogP contribution in [0.1, 0.15) is 32.9 Å². The van der Waals surface area contributed by atoms with Crippen LogP contribution in [0.15, 0.2) is 30.3 Å². The van der Waals surface area contributed by atoms with Crippen LogP contribution < -0.4 is 4.74 Å². The zero-order chi connectivity index (χ0) is 19.8. The van der Waals surface area contributed by atoms with Crippen molar-refractivity contribution in [2.75, 3.05) is 26.3 Å². The Morgan fingerprint density at radius 1 is 1.07 bits per heavy atom. The highest BCUT2D eigenvalue weighted by Crippen LogP contribution is 2.35. The van der Waals surface area contributed by atoms with E-state index < -0.39 is 0 Å². The van der Waals surface area contributed by atoms with E-state index in [9.17, 15) is 4.79 Å². The number of carbonyl (C=O) groups is 1. The maximum Gasteiger partial charge on any atom is 0.253 e. The number of nitrogens with zero attached hydrogens (tertiary/aromatic N) is 2. The number of hydrogen-bond donors (Lipinski definition) is 0. The first-order chi connectivity index (χ1) is 13.4. The molecule has 1 aromatic heterocycles. The quantitative estimate of drug-likeness (QED) is 0.815. The van der Waals surface area contributed by atoms with Gasteiger partial charge in [-0.15, -0.1) is 0 Å². The van der Waals surface area contributed by atoms with Crippen LogP contribution in [0.3, 0.4) is 0 Å². The van der Waals surface area contributed by atoms with Crippen LogP contribution in [0.4, 0.5) is 0 Å². The molecule has 148 valence electrons. The minimum atomic E-state index is 0.102. The van der Waals surface area contributed by atoms with E-state index in [0.717, 1.165) is 40.4 Å². The number of carbonyl (C=O) groups excluding carboxylic acids is 1. The summed E-state index contributed by atoms with van der Waals surface area (Å²) in [5.41, 5.74) is 4.93. The predicted molar refractivity (Wildman–Crippen MR) is 108 cm³/mol. The van der Waals surface area contributed by atoms with E-state index in [2.05, 4.69) is 11.1 Å². The van der Waals surface area contributed by atoms with Gasteiger partial charge in [0.2, 0.25) is 0 Å². The Balaban J connectivity index is 1.40. The lowest BCUT2D eigenvalue weighted by Crippen LogP contribution is -2.32. The van der Waals surface area contributed by atoms with Crippen molar-refractivity contribution in [1.29, 1.82) is 0 Å². The summed E-state index contributed by atoms with van der Waals surface area (Å²) < 4.78 is 12.1. The average molecular weight is 380 g/mol. The molecule has 0 radical (unpaired) electrons. The zero-order valence-electron chi connectivity index (χ0n) is 17.1. The molecule has 2 aromatic rings. The smallest absolute Gasteiger partial charge is 0.253 e. The normalized spacial score (nSPS) is 23.7. The largest absolute Gasteiger partial charge is 0.493 e. The fourth-order valence-electron chi connectivity index (χ4n) is 4.50. The highest BCUT2D eigenvalue weighted by molar-refractivity contribution is 5.94. The Bertz CT molecular complexity index is 855. The molecule has 0 bridgehead atoms. The van der Waals surface area contributed by atoms with E-state index in [1.807, 2.05) is 56.9 Å². The summed E-state index contributed by atoms with van der Waals surface area (Å²) in [5.74, 6) is 1.59. The molecule has 1 aromatic carbocycles. The maximum absolute atomic E-state index is 13.0. The molecule has 0 aliphatic carbocycles. The fourth-order valence-corrected chi connectivity index (χ4v) is 4.50. The minimum Gasteiger partial charge on any atom is -0.493 e. The standard InChI is InChI=1S/C23H28N2O3/c1-14-5-15(2)7-18(6-14)23(26)25-10-21-19(13-28-22(21)11-25)12-27-20-8-16(3)24-17(4)9-20/h5-9,19,21-22H,10-13H2,1-4H3/t19-,21+,22+/m0/s1. The third-order valence-corrected chi connectivity index (χ3v) is 5.71. The van der Waals surface area contributed by atoms with Crippen molar-refractivity contribution in [1.82, 2.24) is 9.88 Å². The van der Waals surface area contributed by atoms with Gasteiger partial charge in [-0.2, -0.15) is 0 Å². The Hall–Kier alpha value is -2.40. The van der Waals surface area contributed by atoms with E-state index in [0.29, 0.717) is 31.6 Å². The number of pyridine rings is 1. The summed E-state index contributed by atoms with van der Waals surface area (Å²) in [6, 6.07) is 9.96. The lowest BCUT2D eigenvalue weighted by atomic mass is 9.94. The summed E-state index contributed by atoms with van der Waals surface area (Å²) in [6.45, 7) is 10.7. The van der Waals surface area contributed by atoms with Crippen molar-refractivity contribution in [2.24, 2.45) is 11.8 Å². The highest BCUT2D eigenvalue weighted by Gasteiger charge is 2.45. The molecule has 2 saturated heterocycles. The van der Waals surface area contributed by atoms with E-state index in [1.54, 1.807) is 0 Å². The molecular formula is C23H28N2O3. The molecule has 28 heavy (non-hydrogen) atoms. The SMILES string of the molecule is Cc1cc(C)cc(C(=O)N2C[C@@H]3[C@@H](COc4cc(C)nc(C)c4)CO[C@@H]3C2)c1. The maximum atomic E-state index is 13.0.